The molecule has 26 heavy (non-hydrogen) atoms. The third kappa shape index (κ3) is 4.55. The van der Waals surface area contributed by atoms with E-state index in [1.54, 1.807) is 16.2 Å². The van der Waals surface area contributed by atoms with E-state index in [9.17, 15) is 4.79 Å². The van der Waals surface area contributed by atoms with Gasteiger partial charge in [-0.3, -0.25) is 0 Å². The Bertz CT molecular complexity index is 731. The van der Waals surface area contributed by atoms with Gasteiger partial charge in [0.05, 0.1) is 5.69 Å². The molecule has 1 saturated heterocycles. The van der Waals surface area contributed by atoms with Crippen LogP contribution in [0.5, 0.6) is 0 Å². The quantitative estimate of drug-likeness (QED) is 0.786. The van der Waals surface area contributed by atoms with Crippen LogP contribution in [0.1, 0.15) is 33.6 Å². The number of piperidine rings is 1. The average molecular weight is 374 g/mol. The molecule has 0 unspecified atom stereocenters. The number of rotatable bonds is 3. The van der Waals surface area contributed by atoms with Crippen molar-refractivity contribution in [2.45, 2.75) is 45.3 Å². The monoisotopic (exact) mass is 373 g/mol. The fraction of sp³-hybridized carbons (Fsp3) is 0.500. The molecule has 5 nitrogen and oxygen atoms in total. The minimum Gasteiger partial charge on any atom is -0.444 e. The van der Waals surface area contributed by atoms with E-state index in [2.05, 4.69) is 22.4 Å². The molecule has 1 amide bonds. The first-order chi connectivity index (χ1) is 12.3. The highest BCUT2D eigenvalue weighted by Gasteiger charge is 2.29. The second-order valence-corrected chi connectivity index (χ2v) is 8.53. The largest absolute Gasteiger partial charge is 0.444 e. The van der Waals surface area contributed by atoms with Crippen LogP contribution >= 0.6 is 11.3 Å². The van der Waals surface area contributed by atoms with Crippen LogP contribution in [-0.4, -0.2) is 47.8 Å². The Morgan fingerprint density at radius 2 is 1.88 bits per heavy atom. The predicted octanol–water partition coefficient (Wildman–Crippen LogP) is 4.65. The summed E-state index contributed by atoms with van der Waals surface area (Å²) in [5.74, 6) is 0. The summed E-state index contributed by atoms with van der Waals surface area (Å²) in [7, 11) is 1.84. The molecule has 0 radical (unpaired) electrons. The van der Waals surface area contributed by atoms with Gasteiger partial charge in [-0.2, -0.15) is 0 Å². The first kappa shape index (κ1) is 18.7. The fourth-order valence-corrected chi connectivity index (χ4v) is 3.97. The van der Waals surface area contributed by atoms with Gasteiger partial charge >= 0.3 is 6.09 Å². The number of anilines is 1. The maximum atomic E-state index is 12.2. The lowest BCUT2D eigenvalue weighted by Gasteiger charge is -2.37. The van der Waals surface area contributed by atoms with E-state index in [4.69, 9.17) is 9.72 Å². The number of benzene rings is 1. The van der Waals surface area contributed by atoms with E-state index in [0.29, 0.717) is 0 Å². The van der Waals surface area contributed by atoms with Crippen LogP contribution < -0.4 is 4.90 Å². The molecule has 1 aliphatic heterocycles. The number of carbonyl (C=O) groups excluding carboxylic acids is 1. The molecular weight excluding hydrogens is 346 g/mol. The second-order valence-electron chi connectivity index (χ2n) is 7.69. The number of ether oxygens (including phenoxy) is 1. The molecule has 0 atom stereocenters. The van der Waals surface area contributed by atoms with Crippen LogP contribution in [-0.2, 0) is 4.74 Å². The van der Waals surface area contributed by atoms with Crippen molar-refractivity contribution in [3.05, 3.63) is 35.7 Å². The number of hydrogen-bond acceptors (Lipinski definition) is 5. The number of amides is 1. The van der Waals surface area contributed by atoms with Gasteiger partial charge in [-0.05, 0) is 33.6 Å². The van der Waals surface area contributed by atoms with E-state index in [1.807, 2.05) is 46.0 Å². The third-order valence-corrected chi connectivity index (χ3v) is 5.43. The van der Waals surface area contributed by atoms with E-state index in [1.165, 1.54) is 0 Å². The molecule has 1 fully saturated rings. The number of hydrogen-bond donors (Lipinski definition) is 0. The smallest absolute Gasteiger partial charge is 0.410 e. The van der Waals surface area contributed by atoms with Gasteiger partial charge < -0.3 is 14.5 Å². The lowest BCUT2D eigenvalue weighted by atomic mass is 10.0. The van der Waals surface area contributed by atoms with Crippen LogP contribution in [0.2, 0.25) is 0 Å². The highest BCUT2D eigenvalue weighted by atomic mass is 32.1. The van der Waals surface area contributed by atoms with Gasteiger partial charge in [-0.1, -0.05) is 30.3 Å². The molecule has 140 valence electrons. The van der Waals surface area contributed by atoms with Gasteiger partial charge in [0.2, 0.25) is 0 Å². The molecule has 0 bridgehead atoms. The van der Waals surface area contributed by atoms with Crippen LogP contribution in [0.25, 0.3) is 11.3 Å². The van der Waals surface area contributed by atoms with E-state index >= 15 is 0 Å². The van der Waals surface area contributed by atoms with Crippen LogP contribution in [0.4, 0.5) is 9.93 Å². The van der Waals surface area contributed by atoms with Crippen molar-refractivity contribution in [3.8, 4) is 11.3 Å². The lowest BCUT2D eigenvalue weighted by Crippen LogP contribution is -2.47. The Morgan fingerprint density at radius 3 is 2.50 bits per heavy atom. The molecular formula is C20H27N3O2S. The van der Waals surface area contributed by atoms with Crippen molar-refractivity contribution in [1.29, 1.82) is 0 Å². The Hall–Kier alpha value is -2.08. The van der Waals surface area contributed by atoms with Gasteiger partial charge in [0.25, 0.3) is 0 Å². The van der Waals surface area contributed by atoms with Crippen molar-refractivity contribution in [3.63, 3.8) is 0 Å². The van der Waals surface area contributed by atoms with Gasteiger partial charge in [0.1, 0.15) is 5.60 Å². The summed E-state index contributed by atoms with van der Waals surface area (Å²) in [6.45, 7) is 7.50. The van der Waals surface area contributed by atoms with Crippen LogP contribution in [0, 0.1) is 0 Å². The van der Waals surface area contributed by atoms with Gasteiger partial charge in [-0.25, -0.2) is 9.78 Å². The fourth-order valence-electron chi connectivity index (χ4n) is 3.08. The highest BCUT2D eigenvalue weighted by Crippen LogP contribution is 2.30. The summed E-state index contributed by atoms with van der Waals surface area (Å²) in [4.78, 5) is 21.1. The second kappa shape index (κ2) is 7.66. The topological polar surface area (TPSA) is 45.7 Å². The lowest BCUT2D eigenvalue weighted by molar-refractivity contribution is 0.0201. The van der Waals surface area contributed by atoms with Crippen molar-refractivity contribution in [2.75, 3.05) is 25.0 Å². The van der Waals surface area contributed by atoms with Crippen LogP contribution in [0.15, 0.2) is 35.7 Å². The Kier molecular flexibility index (Phi) is 5.51. The molecule has 0 spiro atoms. The van der Waals surface area contributed by atoms with E-state index in [-0.39, 0.29) is 12.1 Å². The Morgan fingerprint density at radius 1 is 1.23 bits per heavy atom. The van der Waals surface area contributed by atoms with E-state index < -0.39 is 5.60 Å². The zero-order valence-corrected chi connectivity index (χ0v) is 16.8. The Balaban J connectivity index is 1.57. The molecule has 1 aliphatic rings. The molecule has 2 aromatic rings. The zero-order valence-electron chi connectivity index (χ0n) is 15.9. The van der Waals surface area contributed by atoms with Gasteiger partial charge in [0, 0.05) is 37.1 Å². The molecule has 0 aliphatic carbocycles. The zero-order chi connectivity index (χ0) is 18.7. The maximum Gasteiger partial charge on any atom is 0.410 e. The molecule has 3 rings (SSSR count). The predicted molar refractivity (Wildman–Crippen MR) is 107 cm³/mol. The Labute approximate surface area is 159 Å². The summed E-state index contributed by atoms with van der Waals surface area (Å²) in [6, 6.07) is 10.5. The van der Waals surface area contributed by atoms with E-state index in [0.717, 1.165) is 42.3 Å². The molecule has 0 saturated carbocycles. The molecule has 6 heteroatoms. The SMILES string of the molecule is CN(C(=O)OC(C)(C)C)C1CCN(c2nc(-c3ccccc3)cs2)CC1. The molecule has 1 aromatic heterocycles. The summed E-state index contributed by atoms with van der Waals surface area (Å²) in [6.07, 6.45) is 1.61. The standard InChI is InChI=1S/C20H27N3O2S/c1-20(2,3)25-19(24)22(4)16-10-12-23(13-11-16)18-21-17(14-26-18)15-8-6-5-7-9-15/h5-9,14,16H,10-13H2,1-4H3. The molecule has 2 heterocycles. The summed E-state index contributed by atoms with van der Waals surface area (Å²) in [5.41, 5.74) is 1.72. The van der Waals surface area contributed by atoms with Crippen molar-refractivity contribution in [1.82, 2.24) is 9.88 Å². The van der Waals surface area contributed by atoms with Gasteiger partial charge in [0.15, 0.2) is 5.13 Å². The summed E-state index contributed by atoms with van der Waals surface area (Å²) in [5, 5.41) is 3.17. The van der Waals surface area contributed by atoms with Crippen molar-refractivity contribution >= 4 is 22.6 Å². The maximum absolute atomic E-state index is 12.2. The minimum atomic E-state index is -0.458. The average Bonchev–Trinajstić information content (AvgIpc) is 3.11. The number of nitrogens with zero attached hydrogens (tertiary/aromatic N) is 3. The van der Waals surface area contributed by atoms with Gasteiger partial charge in [-0.15, -0.1) is 11.3 Å². The molecule has 0 N–H and O–H groups in total. The number of thiazole rings is 1. The number of aromatic nitrogens is 1. The first-order valence-corrected chi connectivity index (χ1v) is 9.93. The molecule has 1 aromatic carbocycles. The highest BCUT2D eigenvalue weighted by molar-refractivity contribution is 7.14. The number of carbonyl (C=O) groups is 1. The normalized spacial score (nSPS) is 15.8. The third-order valence-electron chi connectivity index (χ3n) is 4.53. The first-order valence-electron chi connectivity index (χ1n) is 9.05. The summed E-state index contributed by atoms with van der Waals surface area (Å²) >= 11 is 1.68. The summed E-state index contributed by atoms with van der Waals surface area (Å²) < 4.78 is 5.48. The minimum absolute atomic E-state index is 0.217. The van der Waals surface area contributed by atoms with Crippen LogP contribution in [0.3, 0.4) is 0 Å². The van der Waals surface area contributed by atoms with Crippen molar-refractivity contribution in [2.24, 2.45) is 0 Å². The van der Waals surface area contributed by atoms with Crippen molar-refractivity contribution < 1.29 is 9.53 Å².